The number of pyridine rings is 1. The van der Waals surface area contributed by atoms with Crippen molar-refractivity contribution in [3.63, 3.8) is 0 Å². The van der Waals surface area contributed by atoms with E-state index >= 15 is 0 Å². The Balaban J connectivity index is 0.000000311. The van der Waals surface area contributed by atoms with E-state index in [1.54, 1.807) is 31.5 Å². The summed E-state index contributed by atoms with van der Waals surface area (Å²) in [6.07, 6.45) is 8.19. The summed E-state index contributed by atoms with van der Waals surface area (Å²) in [6.45, 7) is 3.10. The Morgan fingerprint density at radius 1 is 0.672 bits per heavy atom. The Morgan fingerprint density at radius 3 is 1.59 bits per heavy atom. The number of carbonyl (C=O) groups excluding carboxylic acids is 3. The molecule has 0 bridgehead atoms. The smallest absolute Gasteiger partial charge is 0.315 e. The number of amidine groups is 2. The zero-order chi connectivity index (χ0) is 42.1. The molecule has 15 heteroatoms. The van der Waals surface area contributed by atoms with Gasteiger partial charge in [-0.2, -0.15) is 0 Å². The molecule has 4 rings (SSSR count). The van der Waals surface area contributed by atoms with Crippen LogP contribution in [0.25, 0.3) is 0 Å². The number of aliphatic carboxylic acids is 1. The monoisotopic (exact) mass is 793 g/mol. The average Bonchev–Trinajstić information content (AvgIpc) is 3.21. The number of unbranched alkanes of at least 4 members (excludes halogenated alkanes) is 2. The second kappa shape index (κ2) is 25.4. The van der Waals surface area contributed by atoms with E-state index in [0.717, 1.165) is 49.7 Å². The van der Waals surface area contributed by atoms with Gasteiger partial charge >= 0.3 is 24.0 Å². The van der Waals surface area contributed by atoms with Crippen molar-refractivity contribution in [3.8, 4) is 0 Å². The molecule has 0 aliphatic heterocycles. The molecular weight excluding hydrogens is 739 g/mol. The lowest BCUT2D eigenvalue weighted by atomic mass is 10.0. The van der Waals surface area contributed by atoms with Crippen LogP contribution in [0.4, 0.5) is 9.59 Å². The first-order chi connectivity index (χ1) is 27.9. The minimum atomic E-state index is -0.995. The molecule has 15 nitrogen and oxygen atoms in total. The van der Waals surface area contributed by atoms with E-state index in [2.05, 4.69) is 26.3 Å². The van der Waals surface area contributed by atoms with Crippen LogP contribution in [0.5, 0.6) is 0 Å². The van der Waals surface area contributed by atoms with Gasteiger partial charge in [-0.1, -0.05) is 84.9 Å². The van der Waals surface area contributed by atoms with Gasteiger partial charge in [0.25, 0.3) is 0 Å². The summed E-state index contributed by atoms with van der Waals surface area (Å²) in [4.78, 5) is 51.3. The van der Waals surface area contributed by atoms with Gasteiger partial charge in [0.15, 0.2) is 0 Å². The number of benzene rings is 3. The van der Waals surface area contributed by atoms with E-state index < -0.39 is 24.1 Å². The first kappa shape index (κ1) is 45.6. The number of carbonyl (C=O) groups is 4. The van der Waals surface area contributed by atoms with E-state index in [9.17, 15) is 19.2 Å². The second-order valence-corrected chi connectivity index (χ2v) is 13.3. The number of aromatic nitrogens is 1. The fourth-order valence-corrected chi connectivity index (χ4v) is 5.77. The van der Waals surface area contributed by atoms with Gasteiger partial charge in [-0.05, 0) is 73.8 Å². The van der Waals surface area contributed by atoms with Crippen LogP contribution in [-0.4, -0.2) is 65.5 Å². The molecule has 0 saturated heterocycles. The Morgan fingerprint density at radius 2 is 1.16 bits per heavy atom. The maximum absolute atomic E-state index is 12.3. The zero-order valence-corrected chi connectivity index (χ0v) is 32.8. The lowest BCUT2D eigenvalue weighted by Gasteiger charge is -2.19. The Hall–Kier alpha value is -6.77. The van der Waals surface area contributed by atoms with Gasteiger partial charge in [0.1, 0.15) is 11.7 Å². The summed E-state index contributed by atoms with van der Waals surface area (Å²) in [5, 5.41) is 35.0. The molecule has 2 unspecified atom stereocenters. The maximum Gasteiger partial charge on any atom is 0.315 e. The molecule has 0 spiro atoms. The highest BCUT2D eigenvalue weighted by Gasteiger charge is 2.20. The molecule has 11 N–H and O–H groups in total. The first-order valence-electron chi connectivity index (χ1n) is 19.2. The minimum absolute atomic E-state index is 0.0502. The van der Waals surface area contributed by atoms with Gasteiger partial charge in [-0.25, -0.2) is 9.59 Å². The minimum Gasteiger partial charge on any atom is -0.481 e. The van der Waals surface area contributed by atoms with Gasteiger partial charge in [0, 0.05) is 36.6 Å². The van der Waals surface area contributed by atoms with Crippen LogP contribution in [0.15, 0.2) is 103 Å². The van der Waals surface area contributed by atoms with Crippen LogP contribution >= 0.6 is 0 Å². The molecule has 0 aliphatic rings. The summed E-state index contributed by atoms with van der Waals surface area (Å²) in [5.41, 5.74) is 16.1. The number of hydrogen-bond acceptors (Lipinski definition) is 8. The van der Waals surface area contributed by atoms with Crippen LogP contribution in [-0.2, 0) is 27.2 Å². The Labute approximate surface area is 339 Å². The highest BCUT2D eigenvalue weighted by atomic mass is 16.5. The molecule has 1 heterocycles. The van der Waals surface area contributed by atoms with Crippen LogP contribution < -0.4 is 32.7 Å². The van der Waals surface area contributed by atoms with Gasteiger partial charge < -0.3 is 42.6 Å². The molecule has 0 radical (unpaired) electrons. The second-order valence-electron chi connectivity index (χ2n) is 13.3. The SMILES string of the molecule is CCOC(=O)CC(NC(=O)NCCCCc1ccc(C(=N)N)cc1)c1ccccc1.N=C(N)c1ccc(CCCCNC(=O)NC(CC(=O)O)c2cccnc2)cc1. The summed E-state index contributed by atoms with van der Waals surface area (Å²) in [6, 6.07) is 26.2. The van der Waals surface area contributed by atoms with Crippen LogP contribution in [0, 0.1) is 10.8 Å². The molecule has 4 amide bonds. The van der Waals surface area contributed by atoms with E-state index in [0.29, 0.717) is 36.4 Å². The van der Waals surface area contributed by atoms with Gasteiger partial charge in [-0.15, -0.1) is 0 Å². The van der Waals surface area contributed by atoms with Crippen molar-refractivity contribution < 1.29 is 29.0 Å². The molecular formula is C43H55N9O6. The number of ether oxygens (including phenoxy) is 1. The number of aryl methyl sites for hydroxylation is 2. The molecule has 58 heavy (non-hydrogen) atoms. The van der Waals surface area contributed by atoms with E-state index in [1.165, 1.54) is 5.56 Å². The third-order valence-electron chi connectivity index (χ3n) is 8.84. The summed E-state index contributed by atoms with van der Waals surface area (Å²) < 4.78 is 5.02. The number of urea groups is 2. The largest absolute Gasteiger partial charge is 0.481 e. The van der Waals surface area contributed by atoms with Crippen LogP contribution in [0.3, 0.4) is 0 Å². The number of esters is 1. The van der Waals surface area contributed by atoms with Gasteiger partial charge in [0.2, 0.25) is 0 Å². The van der Waals surface area contributed by atoms with Crippen LogP contribution in [0.2, 0.25) is 0 Å². The van der Waals surface area contributed by atoms with E-state index in [4.69, 9.17) is 32.1 Å². The number of carboxylic acids is 1. The number of nitrogens with two attached hydrogens (primary N) is 2. The predicted molar refractivity (Wildman–Crippen MR) is 224 cm³/mol. The Kier molecular flexibility index (Phi) is 20.0. The normalized spacial score (nSPS) is 11.4. The predicted octanol–water partition coefficient (Wildman–Crippen LogP) is 5.49. The third kappa shape index (κ3) is 17.8. The van der Waals surface area contributed by atoms with Crippen LogP contribution in [0.1, 0.15) is 90.9 Å². The number of hydrogen-bond donors (Lipinski definition) is 9. The number of carboxylic acid groups (broad SMARTS) is 1. The molecule has 308 valence electrons. The van der Waals surface area contributed by atoms with Crippen molar-refractivity contribution in [2.75, 3.05) is 19.7 Å². The highest BCUT2D eigenvalue weighted by molar-refractivity contribution is 5.95. The van der Waals surface area contributed by atoms with Crippen molar-refractivity contribution in [1.82, 2.24) is 26.3 Å². The number of nitrogens with one attached hydrogen (secondary N) is 6. The zero-order valence-electron chi connectivity index (χ0n) is 32.8. The van der Waals surface area contributed by atoms with E-state index in [-0.39, 0.29) is 36.5 Å². The highest BCUT2D eigenvalue weighted by Crippen LogP contribution is 2.18. The molecule has 0 saturated carbocycles. The first-order valence-corrected chi connectivity index (χ1v) is 19.2. The fraction of sp³-hybridized carbons (Fsp3) is 0.326. The third-order valence-corrected chi connectivity index (χ3v) is 8.84. The topological polar surface area (TPSA) is 258 Å². The lowest BCUT2D eigenvalue weighted by Crippen LogP contribution is -2.39. The molecule has 1 aromatic heterocycles. The van der Waals surface area contributed by atoms with Crippen molar-refractivity contribution >= 4 is 35.7 Å². The standard InChI is InChI=1S/C23H30N4O3.C20H25N5O3/c1-2-30-21(28)16-20(18-9-4-3-5-10-18)27-23(29)26-15-7-6-8-17-11-13-19(14-12-17)22(24)25;21-19(22)15-8-6-14(7-9-15)4-1-2-11-24-20(28)25-17(12-18(26)27)16-5-3-10-23-13-16/h3-5,9-14,20H,2,6-8,15-16H2,1H3,(H3,24,25)(H2,26,27,29);3,5-10,13,17H,1-2,4,11-12H2,(H3,21,22)(H,26,27)(H2,24,25,28). The van der Waals surface area contributed by atoms with E-state index in [1.807, 2.05) is 78.9 Å². The summed E-state index contributed by atoms with van der Waals surface area (Å²) in [5.74, 6) is -1.23. The quantitative estimate of drug-likeness (QED) is 0.0223. The molecule has 2 atom stereocenters. The van der Waals surface area contributed by atoms with Gasteiger partial charge in [0.05, 0.1) is 31.5 Å². The van der Waals surface area contributed by atoms with Crippen molar-refractivity contribution in [1.29, 1.82) is 10.8 Å². The van der Waals surface area contributed by atoms with Gasteiger partial charge in [-0.3, -0.25) is 25.4 Å². The average molecular weight is 794 g/mol. The molecule has 3 aromatic carbocycles. The fourth-order valence-electron chi connectivity index (χ4n) is 5.77. The summed E-state index contributed by atoms with van der Waals surface area (Å²) >= 11 is 0. The van der Waals surface area contributed by atoms with Crippen molar-refractivity contribution in [2.24, 2.45) is 11.5 Å². The number of amides is 4. The Bertz CT molecular complexity index is 1890. The lowest BCUT2D eigenvalue weighted by molar-refractivity contribution is -0.143. The number of nitrogen functional groups attached to an aromatic ring is 2. The maximum atomic E-state index is 12.3. The van der Waals surface area contributed by atoms with Crippen molar-refractivity contribution in [2.45, 2.75) is 70.4 Å². The van der Waals surface area contributed by atoms with Crippen molar-refractivity contribution in [3.05, 3.63) is 137 Å². The number of nitrogens with zero attached hydrogens (tertiary/aromatic N) is 1. The number of rotatable bonds is 21. The molecule has 4 aromatic rings. The molecule has 0 fully saturated rings. The molecule has 0 aliphatic carbocycles. The summed E-state index contributed by atoms with van der Waals surface area (Å²) in [7, 11) is 0.